The monoisotopic (exact) mass is 667 g/mol. The molecule has 12 heteroatoms. The Morgan fingerprint density at radius 3 is 2.47 bits per heavy atom. The molecule has 5 rings (SSSR count). The Balaban J connectivity index is 1.19. The fraction of sp³-hybridized carbons (Fsp3) is 0.270. The highest BCUT2D eigenvalue weighted by atomic mass is 16.5. The smallest absolute Gasteiger partial charge is 0.337 e. The van der Waals surface area contributed by atoms with E-state index >= 15 is 0 Å². The van der Waals surface area contributed by atoms with Gasteiger partial charge in [0, 0.05) is 28.3 Å². The fourth-order valence-electron chi connectivity index (χ4n) is 5.56. The number of aliphatic hydroxyl groups excluding tert-OH is 1. The number of esters is 1. The second kappa shape index (κ2) is 15.9. The highest BCUT2D eigenvalue weighted by molar-refractivity contribution is 5.95. The zero-order chi connectivity index (χ0) is 34.9. The number of carbonyl (C=O) groups is 2. The van der Waals surface area contributed by atoms with Crippen molar-refractivity contribution in [2.24, 2.45) is 5.10 Å². The number of nitrogens with one attached hydrogen (secondary N) is 3. The van der Waals surface area contributed by atoms with Crippen LogP contribution < -0.4 is 30.3 Å². The summed E-state index contributed by atoms with van der Waals surface area (Å²) in [4.78, 5) is 24.7. The Kier molecular flexibility index (Phi) is 11.2. The summed E-state index contributed by atoms with van der Waals surface area (Å²) >= 11 is 0. The van der Waals surface area contributed by atoms with Gasteiger partial charge in [-0.1, -0.05) is 36.4 Å². The van der Waals surface area contributed by atoms with Crippen LogP contribution >= 0.6 is 0 Å². The summed E-state index contributed by atoms with van der Waals surface area (Å²) in [5, 5.41) is 20.2. The number of aliphatic hydroxyl groups is 1. The van der Waals surface area contributed by atoms with Gasteiger partial charge in [0.1, 0.15) is 19.0 Å². The average molecular weight is 668 g/mol. The molecule has 1 aliphatic heterocycles. The van der Waals surface area contributed by atoms with Crippen molar-refractivity contribution in [1.82, 2.24) is 20.6 Å². The quantitative estimate of drug-likeness (QED) is 0.0623. The van der Waals surface area contributed by atoms with Gasteiger partial charge in [-0.2, -0.15) is 5.10 Å². The van der Waals surface area contributed by atoms with Crippen LogP contribution in [0.5, 0.6) is 17.2 Å². The second-order valence-electron chi connectivity index (χ2n) is 11.3. The molecule has 0 saturated heterocycles. The van der Waals surface area contributed by atoms with E-state index in [4.69, 9.17) is 18.9 Å². The number of hydrazone groups is 1. The van der Waals surface area contributed by atoms with Crippen molar-refractivity contribution in [3.8, 4) is 22.9 Å². The first-order valence-electron chi connectivity index (χ1n) is 15.9. The Bertz CT molecular complexity index is 1830. The molecular weight excluding hydrogens is 626 g/mol. The lowest BCUT2D eigenvalue weighted by Crippen LogP contribution is -2.45. The first-order valence-corrected chi connectivity index (χ1v) is 15.9. The average Bonchev–Trinajstić information content (AvgIpc) is 3.38. The van der Waals surface area contributed by atoms with Crippen molar-refractivity contribution in [2.75, 3.05) is 20.3 Å². The van der Waals surface area contributed by atoms with Crippen LogP contribution in [0, 0.1) is 13.8 Å². The number of carbonyl (C=O) groups excluding carboxylic acids is 2. The van der Waals surface area contributed by atoms with Crippen LogP contribution in [0.3, 0.4) is 0 Å². The SMILES string of the molecule is CCOc1cc([C@H]2NC(=O)NC(C)=C2C(=O)OC)ccc1OC[C@@H](O)N/N=C/c1cc(C)n(-c2ccc(OCc3ccccc3)cc2)c1C. The van der Waals surface area contributed by atoms with Crippen LogP contribution in [-0.4, -0.2) is 54.4 Å². The van der Waals surface area contributed by atoms with Crippen LogP contribution in [0.25, 0.3) is 5.69 Å². The van der Waals surface area contributed by atoms with Crippen molar-refractivity contribution in [3.63, 3.8) is 0 Å². The van der Waals surface area contributed by atoms with Crippen molar-refractivity contribution < 1.29 is 33.6 Å². The molecule has 0 radical (unpaired) electrons. The number of allylic oxidation sites excluding steroid dienone is 1. The summed E-state index contributed by atoms with van der Waals surface area (Å²) in [5.41, 5.74) is 8.98. The number of amides is 2. The maximum Gasteiger partial charge on any atom is 0.337 e. The van der Waals surface area contributed by atoms with Gasteiger partial charge in [0.2, 0.25) is 0 Å². The minimum Gasteiger partial charge on any atom is -0.490 e. The number of ether oxygens (including phenoxy) is 4. The van der Waals surface area contributed by atoms with Crippen LogP contribution in [0.4, 0.5) is 4.79 Å². The fourth-order valence-corrected chi connectivity index (χ4v) is 5.56. The molecule has 2 atom stereocenters. The number of hydrogen-bond donors (Lipinski definition) is 4. The molecule has 0 aliphatic carbocycles. The highest BCUT2D eigenvalue weighted by Gasteiger charge is 2.32. The molecule has 0 fully saturated rings. The molecule has 4 N–H and O–H groups in total. The molecule has 12 nitrogen and oxygen atoms in total. The molecule has 256 valence electrons. The van der Waals surface area contributed by atoms with Crippen molar-refractivity contribution in [1.29, 1.82) is 0 Å². The van der Waals surface area contributed by atoms with Gasteiger partial charge in [-0.3, -0.25) is 5.43 Å². The van der Waals surface area contributed by atoms with Crippen molar-refractivity contribution in [3.05, 3.63) is 118 Å². The molecule has 2 amide bonds. The number of nitrogens with zero attached hydrogens (tertiary/aromatic N) is 2. The van der Waals surface area contributed by atoms with E-state index in [1.807, 2.05) is 81.4 Å². The maximum absolute atomic E-state index is 12.5. The molecule has 1 aromatic heterocycles. The van der Waals surface area contributed by atoms with E-state index in [0.29, 0.717) is 36.0 Å². The van der Waals surface area contributed by atoms with Gasteiger partial charge in [-0.05, 0) is 81.3 Å². The number of urea groups is 1. The summed E-state index contributed by atoms with van der Waals surface area (Å²) in [5.74, 6) is 0.977. The first kappa shape index (κ1) is 34.6. The van der Waals surface area contributed by atoms with Gasteiger partial charge in [-0.15, -0.1) is 0 Å². The number of benzene rings is 3. The van der Waals surface area contributed by atoms with Crippen molar-refractivity contribution >= 4 is 18.2 Å². The highest BCUT2D eigenvalue weighted by Crippen LogP contribution is 2.35. The molecule has 3 aromatic carbocycles. The summed E-state index contributed by atoms with van der Waals surface area (Å²) in [6.07, 6.45) is 0.527. The standard InChI is InChI=1S/C37H41N5O7/c1-6-47-32-19-27(35-34(36(44)46-5)24(3)39-37(45)40-35)12-17-31(32)49-22-33(43)41-38-20-28-18-23(2)42(25(28)4)29-13-15-30(16-14-29)48-21-26-10-8-7-9-11-26/h7-20,33,35,41,43H,6,21-22H2,1-5H3,(H2,39,40,45)/b38-20+/t33-,35-/m1/s1. The summed E-state index contributed by atoms with van der Waals surface area (Å²) in [6, 6.07) is 23.9. The predicted octanol–water partition coefficient (Wildman–Crippen LogP) is 5.19. The Labute approximate surface area is 285 Å². The van der Waals surface area contributed by atoms with Gasteiger partial charge in [0.15, 0.2) is 17.7 Å². The predicted molar refractivity (Wildman–Crippen MR) is 185 cm³/mol. The lowest BCUT2D eigenvalue weighted by molar-refractivity contribution is -0.136. The van der Waals surface area contributed by atoms with E-state index in [-0.39, 0.29) is 12.2 Å². The number of hydrogen-bond acceptors (Lipinski definition) is 9. The van der Waals surface area contributed by atoms with Gasteiger partial charge < -0.3 is 39.3 Å². The van der Waals surface area contributed by atoms with Gasteiger partial charge >= 0.3 is 12.0 Å². The molecule has 2 heterocycles. The van der Waals surface area contributed by atoms with E-state index in [2.05, 4.69) is 25.7 Å². The van der Waals surface area contributed by atoms with Crippen molar-refractivity contribution in [2.45, 2.75) is 46.6 Å². The Morgan fingerprint density at radius 1 is 1.00 bits per heavy atom. The normalized spacial score (nSPS) is 15.0. The molecule has 0 saturated carbocycles. The number of methoxy groups -OCH3 is 1. The maximum atomic E-state index is 12.5. The van der Waals surface area contributed by atoms with Crippen LogP contribution in [-0.2, 0) is 16.1 Å². The second-order valence-corrected chi connectivity index (χ2v) is 11.3. The number of aryl methyl sites for hydroxylation is 1. The van der Waals surface area contributed by atoms with E-state index in [1.54, 1.807) is 31.3 Å². The molecule has 0 unspecified atom stereocenters. The topological polar surface area (TPSA) is 145 Å². The Morgan fingerprint density at radius 2 is 1.76 bits per heavy atom. The van der Waals surface area contributed by atoms with Gasteiger partial charge in [0.25, 0.3) is 0 Å². The molecule has 0 bridgehead atoms. The van der Waals surface area contributed by atoms with E-state index < -0.39 is 24.3 Å². The third-order valence-electron chi connectivity index (χ3n) is 7.91. The van der Waals surface area contributed by atoms with E-state index in [0.717, 1.165) is 34.0 Å². The lowest BCUT2D eigenvalue weighted by Gasteiger charge is -2.28. The summed E-state index contributed by atoms with van der Waals surface area (Å²) in [7, 11) is 1.28. The minimum absolute atomic E-state index is 0.134. The third kappa shape index (κ3) is 8.40. The molecule has 4 aromatic rings. The molecule has 1 aliphatic rings. The minimum atomic E-state index is -1.13. The summed E-state index contributed by atoms with van der Waals surface area (Å²) in [6.45, 7) is 8.20. The first-order chi connectivity index (χ1) is 23.7. The van der Waals surface area contributed by atoms with Crippen LogP contribution in [0.15, 0.2) is 95.2 Å². The lowest BCUT2D eigenvalue weighted by atomic mass is 9.95. The van der Waals surface area contributed by atoms with Crippen LogP contribution in [0.2, 0.25) is 0 Å². The molecule has 0 spiro atoms. The number of aromatic nitrogens is 1. The number of rotatable bonds is 14. The van der Waals surface area contributed by atoms with Crippen LogP contribution in [0.1, 0.15) is 48.0 Å². The Hall–Kier alpha value is -5.75. The zero-order valence-corrected chi connectivity index (χ0v) is 28.2. The molecule has 49 heavy (non-hydrogen) atoms. The van der Waals surface area contributed by atoms with E-state index in [1.165, 1.54) is 7.11 Å². The third-order valence-corrected chi connectivity index (χ3v) is 7.91. The van der Waals surface area contributed by atoms with Gasteiger partial charge in [0.05, 0.1) is 31.5 Å². The summed E-state index contributed by atoms with van der Waals surface area (Å²) < 4.78 is 24.6. The largest absolute Gasteiger partial charge is 0.490 e. The van der Waals surface area contributed by atoms with Gasteiger partial charge in [-0.25, -0.2) is 9.59 Å². The molecular formula is C37H41N5O7. The zero-order valence-electron chi connectivity index (χ0n) is 28.2. The van der Waals surface area contributed by atoms with E-state index in [9.17, 15) is 14.7 Å².